The van der Waals surface area contributed by atoms with E-state index in [1.807, 2.05) is 0 Å². The summed E-state index contributed by atoms with van der Waals surface area (Å²) in [6.07, 6.45) is 1.98. The van der Waals surface area contributed by atoms with Gasteiger partial charge in [0.1, 0.15) is 0 Å². The third-order valence-corrected chi connectivity index (χ3v) is 4.13. The zero-order valence-electron chi connectivity index (χ0n) is 8.64. The minimum atomic E-state index is -3.65. The summed E-state index contributed by atoms with van der Waals surface area (Å²) in [5.41, 5.74) is 0. The van der Waals surface area contributed by atoms with Crippen LogP contribution < -0.4 is 5.32 Å². The van der Waals surface area contributed by atoms with Gasteiger partial charge in [0, 0.05) is 19.6 Å². The lowest BCUT2D eigenvalue weighted by Crippen LogP contribution is -2.40. The van der Waals surface area contributed by atoms with Crippen LogP contribution in [0.5, 0.6) is 0 Å². The molecule has 0 aromatic rings. The smallest absolute Gasteiger partial charge is 0.320 e. The quantitative estimate of drug-likeness (QED) is 0.645. The normalized spacial score (nSPS) is 22.1. The third-order valence-electron chi connectivity index (χ3n) is 2.42. The minimum Gasteiger partial charge on any atom is -0.480 e. The van der Waals surface area contributed by atoms with Gasteiger partial charge < -0.3 is 10.4 Å². The molecule has 1 atom stereocenters. The SMILES string of the molecule is CN(CC1CCCN1)S(=O)(=O)CC(=O)O. The molecule has 0 aliphatic carbocycles. The lowest BCUT2D eigenvalue weighted by atomic mass is 10.2. The van der Waals surface area contributed by atoms with Crippen LogP contribution in [0.15, 0.2) is 0 Å². The zero-order valence-corrected chi connectivity index (χ0v) is 9.46. The number of hydrogen-bond donors (Lipinski definition) is 2. The maximum Gasteiger partial charge on any atom is 0.320 e. The van der Waals surface area contributed by atoms with E-state index in [0.717, 1.165) is 23.7 Å². The molecule has 6 nitrogen and oxygen atoms in total. The van der Waals surface area contributed by atoms with Crippen LogP contribution in [0.4, 0.5) is 0 Å². The van der Waals surface area contributed by atoms with E-state index in [4.69, 9.17) is 5.11 Å². The second-order valence-electron chi connectivity index (χ2n) is 3.72. The fraction of sp³-hybridized carbons (Fsp3) is 0.875. The maximum absolute atomic E-state index is 11.4. The molecule has 0 amide bonds. The van der Waals surface area contributed by atoms with Gasteiger partial charge in [0.25, 0.3) is 0 Å². The summed E-state index contributed by atoms with van der Waals surface area (Å²) in [6.45, 7) is 1.24. The summed E-state index contributed by atoms with van der Waals surface area (Å²) in [4.78, 5) is 10.3. The number of carboxylic acid groups (broad SMARTS) is 1. The molecule has 0 radical (unpaired) electrons. The molecule has 1 heterocycles. The Bertz CT molecular complexity index is 322. The summed E-state index contributed by atoms with van der Waals surface area (Å²) in [6, 6.07) is 0.151. The van der Waals surface area contributed by atoms with E-state index in [0.29, 0.717) is 6.54 Å². The van der Waals surface area contributed by atoms with Crippen LogP contribution in [-0.4, -0.2) is 55.7 Å². The van der Waals surface area contributed by atoms with Crippen molar-refractivity contribution in [2.45, 2.75) is 18.9 Å². The molecule has 1 fully saturated rings. The molecule has 0 aromatic carbocycles. The first kappa shape index (κ1) is 12.4. The molecule has 0 spiro atoms. The number of likely N-dealkylation sites (N-methyl/N-ethyl adjacent to an activating group) is 1. The topological polar surface area (TPSA) is 86.7 Å². The molecule has 0 saturated carbocycles. The predicted octanol–water partition coefficient (Wildman–Crippen LogP) is -0.915. The van der Waals surface area contributed by atoms with Gasteiger partial charge >= 0.3 is 5.97 Å². The fourth-order valence-corrected chi connectivity index (χ4v) is 2.54. The van der Waals surface area contributed by atoms with Gasteiger partial charge in [-0.05, 0) is 19.4 Å². The summed E-state index contributed by atoms with van der Waals surface area (Å²) < 4.78 is 24.0. The van der Waals surface area contributed by atoms with Gasteiger partial charge in [0.05, 0.1) is 0 Å². The zero-order chi connectivity index (χ0) is 11.5. The van der Waals surface area contributed by atoms with Gasteiger partial charge in [-0.25, -0.2) is 12.7 Å². The molecule has 1 aliphatic rings. The van der Waals surface area contributed by atoms with Crippen LogP contribution in [0, 0.1) is 0 Å². The summed E-state index contributed by atoms with van der Waals surface area (Å²) in [5.74, 6) is -2.16. The Balaban J connectivity index is 2.50. The molecule has 2 N–H and O–H groups in total. The number of aliphatic carboxylic acids is 1. The minimum absolute atomic E-state index is 0.151. The Morgan fingerprint density at radius 3 is 2.73 bits per heavy atom. The number of sulfonamides is 1. The monoisotopic (exact) mass is 236 g/mol. The average Bonchev–Trinajstić information content (AvgIpc) is 2.54. The van der Waals surface area contributed by atoms with Gasteiger partial charge in [-0.2, -0.15) is 0 Å². The third kappa shape index (κ3) is 3.77. The number of hydrogen-bond acceptors (Lipinski definition) is 4. The number of nitrogens with zero attached hydrogens (tertiary/aromatic N) is 1. The van der Waals surface area contributed by atoms with Crippen LogP contribution >= 0.6 is 0 Å². The molecular weight excluding hydrogens is 220 g/mol. The number of rotatable bonds is 5. The second kappa shape index (κ2) is 4.91. The summed E-state index contributed by atoms with van der Waals surface area (Å²) in [7, 11) is -2.24. The van der Waals surface area contributed by atoms with Crippen LogP contribution in [0.3, 0.4) is 0 Å². The van der Waals surface area contributed by atoms with E-state index in [1.54, 1.807) is 0 Å². The van der Waals surface area contributed by atoms with Crippen molar-refractivity contribution in [2.75, 3.05) is 25.9 Å². The van der Waals surface area contributed by atoms with Crippen molar-refractivity contribution < 1.29 is 18.3 Å². The van der Waals surface area contributed by atoms with Crippen LogP contribution in [0.1, 0.15) is 12.8 Å². The Labute approximate surface area is 89.3 Å². The Morgan fingerprint density at radius 1 is 1.60 bits per heavy atom. The Hall–Kier alpha value is -0.660. The molecule has 7 heteroatoms. The molecule has 0 aromatic heterocycles. The highest BCUT2D eigenvalue weighted by atomic mass is 32.2. The lowest BCUT2D eigenvalue weighted by Gasteiger charge is -2.19. The molecule has 1 saturated heterocycles. The van der Waals surface area contributed by atoms with E-state index in [1.165, 1.54) is 7.05 Å². The first-order chi connectivity index (χ1) is 6.92. The Kier molecular flexibility index (Phi) is 4.06. The molecule has 1 rings (SSSR count). The average molecular weight is 236 g/mol. The first-order valence-electron chi connectivity index (χ1n) is 4.81. The second-order valence-corrected chi connectivity index (χ2v) is 5.80. The highest BCUT2D eigenvalue weighted by Gasteiger charge is 2.25. The van der Waals surface area contributed by atoms with Gasteiger partial charge in [-0.15, -0.1) is 0 Å². The number of carboxylic acids is 1. The molecule has 1 aliphatic heterocycles. The van der Waals surface area contributed by atoms with E-state index in [-0.39, 0.29) is 6.04 Å². The summed E-state index contributed by atoms with van der Waals surface area (Å²) >= 11 is 0. The van der Waals surface area contributed by atoms with Crippen molar-refractivity contribution >= 4 is 16.0 Å². The first-order valence-corrected chi connectivity index (χ1v) is 6.42. The molecule has 15 heavy (non-hydrogen) atoms. The van der Waals surface area contributed by atoms with Crippen LogP contribution in [-0.2, 0) is 14.8 Å². The van der Waals surface area contributed by atoms with Crippen molar-refractivity contribution in [1.82, 2.24) is 9.62 Å². The largest absolute Gasteiger partial charge is 0.480 e. The van der Waals surface area contributed by atoms with Crippen molar-refractivity contribution in [3.05, 3.63) is 0 Å². The van der Waals surface area contributed by atoms with Crippen molar-refractivity contribution in [3.8, 4) is 0 Å². The van der Waals surface area contributed by atoms with Gasteiger partial charge in [0.15, 0.2) is 5.75 Å². The van der Waals surface area contributed by atoms with Crippen LogP contribution in [0.25, 0.3) is 0 Å². The number of nitrogens with one attached hydrogen (secondary N) is 1. The van der Waals surface area contributed by atoms with Crippen molar-refractivity contribution in [2.24, 2.45) is 0 Å². The van der Waals surface area contributed by atoms with Crippen molar-refractivity contribution in [3.63, 3.8) is 0 Å². The molecular formula is C8H16N2O4S. The highest BCUT2D eigenvalue weighted by molar-refractivity contribution is 7.89. The fourth-order valence-electron chi connectivity index (χ4n) is 1.60. The van der Waals surface area contributed by atoms with E-state index < -0.39 is 21.7 Å². The lowest BCUT2D eigenvalue weighted by molar-refractivity contribution is -0.134. The van der Waals surface area contributed by atoms with Gasteiger partial charge in [0.2, 0.25) is 10.0 Å². The summed E-state index contributed by atoms with van der Waals surface area (Å²) in [5, 5.41) is 11.6. The van der Waals surface area contributed by atoms with E-state index in [9.17, 15) is 13.2 Å². The Morgan fingerprint density at radius 2 is 2.27 bits per heavy atom. The van der Waals surface area contributed by atoms with Gasteiger partial charge in [-0.1, -0.05) is 0 Å². The van der Waals surface area contributed by atoms with Crippen molar-refractivity contribution in [1.29, 1.82) is 0 Å². The van der Waals surface area contributed by atoms with E-state index in [2.05, 4.69) is 5.32 Å². The molecule has 0 bridgehead atoms. The highest BCUT2D eigenvalue weighted by Crippen LogP contribution is 2.08. The standard InChI is InChI=1S/C8H16N2O4S/c1-10(5-7-3-2-4-9-7)15(13,14)6-8(11)12/h7,9H,2-6H2,1H3,(H,11,12). The maximum atomic E-state index is 11.4. The molecule has 88 valence electrons. The van der Waals surface area contributed by atoms with E-state index >= 15 is 0 Å². The van der Waals surface area contributed by atoms with Crippen LogP contribution in [0.2, 0.25) is 0 Å². The predicted molar refractivity (Wildman–Crippen MR) is 55.1 cm³/mol. The molecule has 1 unspecified atom stereocenters. The number of carbonyl (C=O) groups is 1. The van der Waals surface area contributed by atoms with Gasteiger partial charge in [-0.3, -0.25) is 4.79 Å².